The standard InChI is InChI=1S/C11H12N4OS2/c1-6-3-7(2)13-11(12-6)18-5-8-4-9(16)15-10(17)14-8/h3-4H,5H2,1-2H3,(H2,14,15,16,17). The summed E-state index contributed by atoms with van der Waals surface area (Å²) in [6, 6.07) is 3.41. The maximum Gasteiger partial charge on any atom is 0.251 e. The Bertz CT molecular complexity index is 629. The molecule has 0 saturated carbocycles. The van der Waals surface area contributed by atoms with Crippen molar-refractivity contribution in [2.24, 2.45) is 0 Å². The van der Waals surface area contributed by atoms with Gasteiger partial charge < -0.3 is 4.98 Å². The van der Waals surface area contributed by atoms with Crippen molar-refractivity contribution >= 4 is 24.0 Å². The van der Waals surface area contributed by atoms with E-state index in [9.17, 15) is 4.79 Å². The van der Waals surface area contributed by atoms with Crippen LogP contribution in [-0.2, 0) is 5.75 Å². The van der Waals surface area contributed by atoms with E-state index in [4.69, 9.17) is 12.2 Å². The largest absolute Gasteiger partial charge is 0.335 e. The van der Waals surface area contributed by atoms with Crippen LogP contribution in [0.3, 0.4) is 0 Å². The Hall–Kier alpha value is -1.47. The average Bonchev–Trinajstić information content (AvgIpc) is 2.23. The SMILES string of the molecule is Cc1cc(C)nc(SCc2cc(=O)[nH]c(=S)[nH]2)n1. The van der Waals surface area contributed by atoms with Crippen molar-refractivity contribution in [1.82, 2.24) is 19.9 Å². The third-order valence-electron chi connectivity index (χ3n) is 2.13. The zero-order valence-corrected chi connectivity index (χ0v) is 11.6. The van der Waals surface area contributed by atoms with Gasteiger partial charge in [0.2, 0.25) is 0 Å². The van der Waals surface area contributed by atoms with Gasteiger partial charge in [-0.1, -0.05) is 11.8 Å². The molecule has 0 atom stereocenters. The number of thioether (sulfide) groups is 1. The number of aromatic amines is 2. The van der Waals surface area contributed by atoms with Gasteiger partial charge in [-0.25, -0.2) is 9.97 Å². The van der Waals surface area contributed by atoms with Crippen molar-refractivity contribution in [3.05, 3.63) is 44.3 Å². The Morgan fingerprint density at radius 2 is 1.89 bits per heavy atom. The molecule has 0 saturated heterocycles. The molecule has 94 valence electrons. The van der Waals surface area contributed by atoms with E-state index in [1.165, 1.54) is 17.8 Å². The summed E-state index contributed by atoms with van der Waals surface area (Å²) in [5.41, 5.74) is 2.43. The smallest absolute Gasteiger partial charge is 0.251 e. The van der Waals surface area contributed by atoms with Crippen LogP contribution in [0.5, 0.6) is 0 Å². The molecule has 2 rings (SSSR count). The van der Waals surface area contributed by atoms with Gasteiger partial charge in [-0.05, 0) is 32.1 Å². The summed E-state index contributed by atoms with van der Waals surface area (Å²) < 4.78 is 0.333. The molecule has 0 radical (unpaired) electrons. The fourth-order valence-corrected chi connectivity index (χ4v) is 2.59. The van der Waals surface area contributed by atoms with E-state index in [0.29, 0.717) is 15.7 Å². The normalized spacial score (nSPS) is 10.6. The van der Waals surface area contributed by atoms with Gasteiger partial charge in [0.05, 0.1) is 0 Å². The van der Waals surface area contributed by atoms with Crippen LogP contribution in [0.25, 0.3) is 0 Å². The van der Waals surface area contributed by atoms with Gasteiger partial charge in [-0.2, -0.15) is 0 Å². The van der Waals surface area contributed by atoms with Gasteiger partial charge in [0.25, 0.3) is 5.56 Å². The average molecular weight is 280 g/mol. The molecule has 2 aromatic rings. The fourth-order valence-electron chi connectivity index (χ4n) is 1.50. The van der Waals surface area contributed by atoms with Gasteiger partial charge in [0.15, 0.2) is 9.93 Å². The Balaban J connectivity index is 2.16. The summed E-state index contributed by atoms with van der Waals surface area (Å²) in [5, 5.41) is 0.701. The lowest BCUT2D eigenvalue weighted by Crippen LogP contribution is -2.07. The van der Waals surface area contributed by atoms with Crippen molar-refractivity contribution in [2.75, 3.05) is 0 Å². The maximum absolute atomic E-state index is 11.2. The highest BCUT2D eigenvalue weighted by Crippen LogP contribution is 2.17. The summed E-state index contributed by atoms with van der Waals surface area (Å²) >= 11 is 6.37. The summed E-state index contributed by atoms with van der Waals surface area (Å²) in [6.07, 6.45) is 0. The first kappa shape index (κ1) is 13.0. The topological polar surface area (TPSA) is 74.4 Å². The lowest BCUT2D eigenvalue weighted by molar-refractivity contribution is 0.900. The fraction of sp³-hybridized carbons (Fsp3) is 0.273. The Kier molecular flexibility index (Phi) is 3.93. The number of hydrogen-bond acceptors (Lipinski definition) is 5. The first-order chi connectivity index (χ1) is 8.52. The second kappa shape index (κ2) is 5.45. The maximum atomic E-state index is 11.2. The van der Waals surface area contributed by atoms with E-state index < -0.39 is 0 Å². The molecule has 0 aliphatic rings. The van der Waals surface area contributed by atoms with Crippen LogP contribution < -0.4 is 5.56 Å². The van der Waals surface area contributed by atoms with E-state index in [2.05, 4.69) is 19.9 Å². The Morgan fingerprint density at radius 3 is 2.50 bits per heavy atom. The van der Waals surface area contributed by atoms with Crippen molar-refractivity contribution in [1.29, 1.82) is 0 Å². The predicted octanol–water partition coefficient (Wildman–Crippen LogP) is 2.13. The molecule has 0 aliphatic carbocycles. The first-order valence-electron chi connectivity index (χ1n) is 5.30. The predicted molar refractivity (Wildman–Crippen MR) is 73.3 cm³/mol. The second-order valence-corrected chi connectivity index (χ2v) is 5.19. The van der Waals surface area contributed by atoms with Crippen molar-refractivity contribution < 1.29 is 0 Å². The molecule has 2 aromatic heterocycles. The minimum atomic E-state index is -0.198. The quantitative estimate of drug-likeness (QED) is 0.512. The monoisotopic (exact) mass is 280 g/mol. The molecule has 0 bridgehead atoms. The number of aryl methyl sites for hydroxylation is 2. The van der Waals surface area contributed by atoms with Crippen LogP contribution >= 0.6 is 24.0 Å². The van der Waals surface area contributed by atoms with Crippen LogP contribution in [0.4, 0.5) is 0 Å². The number of rotatable bonds is 3. The van der Waals surface area contributed by atoms with E-state index in [1.54, 1.807) is 0 Å². The van der Waals surface area contributed by atoms with Gasteiger partial charge in [-0.15, -0.1) is 0 Å². The van der Waals surface area contributed by atoms with Gasteiger partial charge >= 0.3 is 0 Å². The zero-order chi connectivity index (χ0) is 13.1. The highest BCUT2D eigenvalue weighted by atomic mass is 32.2. The second-order valence-electron chi connectivity index (χ2n) is 3.83. The van der Waals surface area contributed by atoms with Crippen LogP contribution in [0.2, 0.25) is 0 Å². The summed E-state index contributed by atoms with van der Waals surface area (Å²) in [6.45, 7) is 3.86. The molecule has 0 amide bonds. The van der Waals surface area contributed by atoms with Crippen LogP contribution in [0, 0.1) is 18.6 Å². The van der Waals surface area contributed by atoms with Gasteiger partial charge in [0, 0.05) is 28.9 Å². The first-order valence-corrected chi connectivity index (χ1v) is 6.70. The molecular weight excluding hydrogens is 268 g/mol. The minimum absolute atomic E-state index is 0.198. The summed E-state index contributed by atoms with van der Waals surface area (Å²) in [7, 11) is 0. The number of hydrogen-bond donors (Lipinski definition) is 2. The molecule has 5 nitrogen and oxygen atoms in total. The molecule has 0 spiro atoms. The van der Waals surface area contributed by atoms with E-state index in [0.717, 1.165) is 17.1 Å². The lowest BCUT2D eigenvalue weighted by Gasteiger charge is -2.03. The van der Waals surface area contributed by atoms with Crippen LogP contribution in [0.15, 0.2) is 22.1 Å². The summed E-state index contributed by atoms with van der Waals surface area (Å²) in [4.78, 5) is 25.3. The van der Waals surface area contributed by atoms with Crippen molar-refractivity contribution in [2.45, 2.75) is 24.8 Å². The molecule has 18 heavy (non-hydrogen) atoms. The van der Waals surface area contributed by atoms with E-state index >= 15 is 0 Å². The number of H-pyrrole nitrogens is 2. The Morgan fingerprint density at radius 1 is 1.22 bits per heavy atom. The highest BCUT2D eigenvalue weighted by molar-refractivity contribution is 7.98. The van der Waals surface area contributed by atoms with Crippen LogP contribution in [-0.4, -0.2) is 19.9 Å². The van der Waals surface area contributed by atoms with Gasteiger partial charge in [0.1, 0.15) is 0 Å². The molecule has 0 unspecified atom stereocenters. The molecule has 7 heteroatoms. The molecule has 2 N–H and O–H groups in total. The molecule has 0 aromatic carbocycles. The highest BCUT2D eigenvalue weighted by Gasteiger charge is 2.02. The number of nitrogens with one attached hydrogen (secondary N) is 2. The molecular formula is C11H12N4OS2. The van der Waals surface area contributed by atoms with Gasteiger partial charge in [-0.3, -0.25) is 9.78 Å². The molecule has 0 fully saturated rings. The third kappa shape index (κ3) is 3.51. The zero-order valence-electron chi connectivity index (χ0n) is 9.98. The third-order valence-corrected chi connectivity index (χ3v) is 3.23. The van der Waals surface area contributed by atoms with Crippen LogP contribution in [0.1, 0.15) is 17.1 Å². The van der Waals surface area contributed by atoms with Crippen molar-refractivity contribution in [3.8, 4) is 0 Å². The Labute approximate surface area is 113 Å². The van der Waals surface area contributed by atoms with E-state index in [-0.39, 0.29) is 5.56 Å². The minimum Gasteiger partial charge on any atom is -0.335 e. The summed E-state index contributed by atoms with van der Waals surface area (Å²) in [5.74, 6) is 0.580. The lowest BCUT2D eigenvalue weighted by atomic mass is 10.4. The van der Waals surface area contributed by atoms with Crippen molar-refractivity contribution in [3.63, 3.8) is 0 Å². The molecule has 0 aliphatic heterocycles. The van der Waals surface area contributed by atoms with E-state index in [1.807, 2.05) is 19.9 Å². The molecule has 2 heterocycles. The number of aromatic nitrogens is 4. The number of nitrogens with zero attached hydrogens (tertiary/aromatic N) is 2.